The van der Waals surface area contributed by atoms with Crippen molar-refractivity contribution in [2.75, 3.05) is 11.9 Å². The fourth-order valence-corrected chi connectivity index (χ4v) is 2.11. The topological polar surface area (TPSA) is 68.3 Å². The highest BCUT2D eigenvalue weighted by molar-refractivity contribution is 6.48. The van der Waals surface area contributed by atoms with Crippen molar-refractivity contribution < 1.29 is 23.1 Å². The van der Waals surface area contributed by atoms with Gasteiger partial charge in [-0.3, -0.25) is 4.79 Å². The molecule has 1 amide bonds. The molecule has 5 nitrogen and oxygen atoms in total. The molecular formula is C14H7Cl3F2N2O3. The van der Waals surface area contributed by atoms with Gasteiger partial charge in [0.1, 0.15) is 0 Å². The number of rotatable bonds is 4. The van der Waals surface area contributed by atoms with Crippen molar-refractivity contribution in [3.05, 3.63) is 56.8 Å². The summed E-state index contributed by atoms with van der Waals surface area (Å²) in [5, 5.41) is 1.99. The molecule has 2 rings (SSSR count). The monoisotopic (exact) mass is 394 g/mol. The van der Waals surface area contributed by atoms with Crippen LogP contribution in [0, 0.1) is 11.6 Å². The number of hydrogen-bond donors (Lipinski definition) is 1. The van der Waals surface area contributed by atoms with Gasteiger partial charge < -0.3 is 10.1 Å². The van der Waals surface area contributed by atoms with Crippen molar-refractivity contribution in [2.45, 2.75) is 0 Å². The Morgan fingerprint density at radius 1 is 1.12 bits per heavy atom. The van der Waals surface area contributed by atoms with Crippen LogP contribution in [0.4, 0.5) is 14.5 Å². The largest absolute Gasteiger partial charge is 0.451 e. The summed E-state index contributed by atoms with van der Waals surface area (Å²) in [4.78, 5) is 27.1. The summed E-state index contributed by atoms with van der Waals surface area (Å²) in [5.41, 5.74) is -0.313. The van der Waals surface area contributed by atoms with Crippen LogP contribution < -0.4 is 5.32 Å². The predicted molar refractivity (Wildman–Crippen MR) is 84.5 cm³/mol. The van der Waals surface area contributed by atoms with E-state index in [-0.39, 0.29) is 26.4 Å². The lowest BCUT2D eigenvalue weighted by atomic mass is 10.3. The molecule has 0 unspecified atom stereocenters. The van der Waals surface area contributed by atoms with E-state index in [1.807, 2.05) is 0 Å². The molecule has 0 aliphatic rings. The van der Waals surface area contributed by atoms with Gasteiger partial charge in [0.05, 0.1) is 15.1 Å². The Balaban J connectivity index is 1.97. The van der Waals surface area contributed by atoms with Gasteiger partial charge in [-0.05, 0) is 12.1 Å². The Labute approximate surface area is 149 Å². The molecule has 1 aromatic heterocycles. The number of pyridine rings is 1. The Morgan fingerprint density at radius 2 is 1.83 bits per heavy atom. The zero-order valence-corrected chi connectivity index (χ0v) is 13.8. The summed E-state index contributed by atoms with van der Waals surface area (Å²) in [6.45, 7) is -0.698. The van der Waals surface area contributed by atoms with Gasteiger partial charge in [-0.25, -0.2) is 18.6 Å². The third-order valence-corrected chi connectivity index (χ3v) is 3.89. The van der Waals surface area contributed by atoms with E-state index in [0.717, 1.165) is 24.4 Å². The lowest BCUT2D eigenvalue weighted by molar-refractivity contribution is -0.119. The van der Waals surface area contributed by atoms with Crippen LogP contribution >= 0.6 is 34.8 Å². The molecule has 0 saturated carbocycles. The van der Waals surface area contributed by atoms with Crippen LogP contribution in [0.3, 0.4) is 0 Å². The number of halogens is 5. The molecule has 0 saturated heterocycles. The third-order valence-electron chi connectivity index (χ3n) is 2.65. The van der Waals surface area contributed by atoms with Crippen LogP contribution in [0.5, 0.6) is 0 Å². The van der Waals surface area contributed by atoms with Gasteiger partial charge in [0, 0.05) is 18.0 Å². The van der Waals surface area contributed by atoms with Crippen molar-refractivity contribution in [1.29, 1.82) is 0 Å². The number of carbonyl (C=O) groups is 2. The first-order valence-electron chi connectivity index (χ1n) is 6.21. The summed E-state index contributed by atoms with van der Waals surface area (Å²) in [6.07, 6.45) is 1.10. The predicted octanol–water partition coefficient (Wildman–Crippen LogP) is 4.12. The Morgan fingerprint density at radius 3 is 2.50 bits per heavy atom. The summed E-state index contributed by atoms with van der Waals surface area (Å²) in [5.74, 6) is -3.96. The van der Waals surface area contributed by atoms with Crippen LogP contribution in [0.2, 0.25) is 15.1 Å². The maximum Gasteiger partial charge on any atom is 0.359 e. The number of carbonyl (C=O) groups excluding carboxylic acids is 2. The van der Waals surface area contributed by atoms with Crippen LogP contribution in [-0.4, -0.2) is 23.5 Å². The first kappa shape index (κ1) is 18.4. The van der Waals surface area contributed by atoms with Gasteiger partial charge in [-0.2, -0.15) is 0 Å². The number of aromatic nitrogens is 1. The molecule has 2 aromatic rings. The fraction of sp³-hybridized carbons (Fsp3) is 0.0714. The van der Waals surface area contributed by atoms with E-state index in [1.54, 1.807) is 0 Å². The quantitative estimate of drug-likeness (QED) is 0.791. The fourth-order valence-electron chi connectivity index (χ4n) is 1.56. The molecule has 0 aliphatic heterocycles. The summed E-state index contributed by atoms with van der Waals surface area (Å²) < 4.78 is 30.5. The molecule has 1 aromatic carbocycles. The van der Waals surface area contributed by atoms with Gasteiger partial charge in [0.25, 0.3) is 5.91 Å². The van der Waals surface area contributed by atoms with E-state index in [9.17, 15) is 18.4 Å². The summed E-state index contributed by atoms with van der Waals surface area (Å²) >= 11 is 17.3. The zero-order valence-electron chi connectivity index (χ0n) is 11.6. The van der Waals surface area contributed by atoms with E-state index < -0.39 is 30.1 Å². The van der Waals surface area contributed by atoms with Crippen LogP contribution in [0.15, 0.2) is 24.4 Å². The minimum absolute atomic E-state index is 0.000596. The molecule has 0 aliphatic carbocycles. The molecule has 1 heterocycles. The Hall–Kier alpha value is -1.96. The lowest BCUT2D eigenvalue weighted by Crippen LogP contribution is -2.21. The highest BCUT2D eigenvalue weighted by atomic mass is 35.5. The van der Waals surface area contributed by atoms with Gasteiger partial charge in [-0.15, -0.1) is 0 Å². The van der Waals surface area contributed by atoms with Gasteiger partial charge in [0.2, 0.25) is 0 Å². The maximum atomic E-state index is 13.0. The molecule has 126 valence electrons. The minimum atomic E-state index is -1.13. The highest BCUT2D eigenvalue weighted by Gasteiger charge is 2.19. The molecule has 0 radical (unpaired) electrons. The second-order valence-corrected chi connectivity index (χ2v) is 5.50. The maximum absolute atomic E-state index is 13.0. The summed E-state index contributed by atoms with van der Waals surface area (Å²) in [6, 6.07) is 2.78. The molecule has 1 N–H and O–H groups in total. The van der Waals surface area contributed by atoms with Crippen LogP contribution in [0.25, 0.3) is 0 Å². The number of hydrogen-bond acceptors (Lipinski definition) is 4. The van der Waals surface area contributed by atoms with E-state index in [1.165, 1.54) is 0 Å². The second kappa shape index (κ2) is 7.74. The zero-order chi connectivity index (χ0) is 17.9. The Bertz CT molecular complexity index is 818. The van der Waals surface area contributed by atoms with Crippen molar-refractivity contribution in [1.82, 2.24) is 4.98 Å². The number of amides is 1. The standard InChI is InChI=1S/C14H7Cl3F2N2O3/c15-7-4-20-13(12(17)11(7)16)14(23)24-5-10(22)21-6-1-2-8(18)9(19)3-6/h1-4H,5H2,(H,21,22). The molecule has 0 fully saturated rings. The van der Waals surface area contributed by atoms with Crippen molar-refractivity contribution in [3.8, 4) is 0 Å². The van der Waals surface area contributed by atoms with Crippen molar-refractivity contribution in [2.24, 2.45) is 0 Å². The SMILES string of the molecule is O=C(COC(=O)c1ncc(Cl)c(Cl)c1Cl)Nc1ccc(F)c(F)c1. The van der Waals surface area contributed by atoms with E-state index >= 15 is 0 Å². The first-order chi connectivity index (χ1) is 11.3. The molecule has 0 spiro atoms. The number of ether oxygens (including phenoxy) is 1. The average molecular weight is 396 g/mol. The van der Waals surface area contributed by atoms with E-state index in [2.05, 4.69) is 10.3 Å². The van der Waals surface area contributed by atoms with E-state index in [4.69, 9.17) is 39.5 Å². The third kappa shape index (κ3) is 4.31. The highest BCUT2D eigenvalue weighted by Crippen LogP contribution is 2.31. The van der Waals surface area contributed by atoms with Crippen molar-refractivity contribution in [3.63, 3.8) is 0 Å². The lowest BCUT2D eigenvalue weighted by Gasteiger charge is -2.08. The van der Waals surface area contributed by atoms with E-state index in [0.29, 0.717) is 0 Å². The first-order valence-corrected chi connectivity index (χ1v) is 7.34. The van der Waals surface area contributed by atoms with Crippen LogP contribution in [0.1, 0.15) is 10.5 Å². The number of benzene rings is 1. The number of nitrogens with one attached hydrogen (secondary N) is 1. The normalized spacial score (nSPS) is 10.4. The number of anilines is 1. The number of nitrogens with zero attached hydrogens (tertiary/aromatic N) is 1. The minimum Gasteiger partial charge on any atom is -0.451 e. The molecule has 0 bridgehead atoms. The van der Waals surface area contributed by atoms with Gasteiger partial charge >= 0.3 is 5.97 Å². The smallest absolute Gasteiger partial charge is 0.359 e. The van der Waals surface area contributed by atoms with Gasteiger partial charge in [0.15, 0.2) is 23.9 Å². The molecule has 24 heavy (non-hydrogen) atoms. The average Bonchev–Trinajstić information content (AvgIpc) is 2.54. The van der Waals surface area contributed by atoms with Gasteiger partial charge in [-0.1, -0.05) is 34.8 Å². The Kier molecular flexibility index (Phi) is 5.93. The number of esters is 1. The molecule has 10 heteroatoms. The second-order valence-electron chi connectivity index (χ2n) is 4.34. The molecular weight excluding hydrogens is 389 g/mol. The van der Waals surface area contributed by atoms with Crippen LogP contribution in [-0.2, 0) is 9.53 Å². The summed E-state index contributed by atoms with van der Waals surface area (Å²) in [7, 11) is 0. The van der Waals surface area contributed by atoms with Crippen molar-refractivity contribution >= 4 is 52.4 Å². The molecule has 0 atom stereocenters.